The van der Waals surface area contributed by atoms with Crippen molar-refractivity contribution >= 4 is 17.7 Å². The Bertz CT molecular complexity index is 853. The number of nitrogens with zero attached hydrogens (tertiary/aromatic N) is 1. The third-order valence-electron chi connectivity index (χ3n) is 5.35. The Morgan fingerprint density at radius 2 is 2.04 bits per heavy atom. The summed E-state index contributed by atoms with van der Waals surface area (Å²) in [7, 11) is 0. The smallest absolute Gasteiger partial charge is 0.338 e. The molecule has 2 aliphatic rings. The molecule has 1 atom stereocenters. The molecule has 1 saturated heterocycles. The van der Waals surface area contributed by atoms with Crippen LogP contribution in [0.15, 0.2) is 48.5 Å². The second-order valence-corrected chi connectivity index (χ2v) is 7.51. The Morgan fingerprint density at radius 3 is 2.89 bits per heavy atom. The number of esters is 1. The molecular formula is C22H25N3O3. The van der Waals surface area contributed by atoms with Crippen LogP contribution in [0.2, 0.25) is 0 Å². The van der Waals surface area contributed by atoms with Crippen molar-refractivity contribution in [1.29, 1.82) is 0 Å². The molecule has 0 aromatic heterocycles. The van der Waals surface area contributed by atoms with Crippen LogP contribution < -0.4 is 10.6 Å². The number of piperidine rings is 1. The fourth-order valence-electron chi connectivity index (χ4n) is 3.93. The highest BCUT2D eigenvalue weighted by Crippen LogP contribution is 2.23. The van der Waals surface area contributed by atoms with Crippen LogP contribution in [-0.4, -0.2) is 36.5 Å². The topological polar surface area (TPSA) is 70.7 Å². The number of likely N-dealkylation sites (tertiary alicyclic amines) is 1. The predicted molar refractivity (Wildman–Crippen MR) is 107 cm³/mol. The molecule has 2 N–H and O–H groups in total. The molecule has 1 fully saturated rings. The molecule has 6 nitrogen and oxygen atoms in total. The van der Waals surface area contributed by atoms with Crippen molar-refractivity contribution in [2.45, 2.75) is 26.0 Å². The molecule has 6 heteroatoms. The zero-order chi connectivity index (χ0) is 19.3. The maximum atomic E-state index is 12.3. The van der Waals surface area contributed by atoms with Gasteiger partial charge in [-0.05, 0) is 49.1 Å². The van der Waals surface area contributed by atoms with Crippen molar-refractivity contribution in [3.63, 3.8) is 0 Å². The van der Waals surface area contributed by atoms with E-state index in [2.05, 4.69) is 39.8 Å². The minimum atomic E-state index is -0.302. The number of hydrogen-bond acceptors (Lipinski definition) is 4. The van der Waals surface area contributed by atoms with Gasteiger partial charge in [-0.2, -0.15) is 0 Å². The summed E-state index contributed by atoms with van der Waals surface area (Å²) in [6.07, 6.45) is 2.28. The lowest BCUT2D eigenvalue weighted by Crippen LogP contribution is -2.41. The molecule has 2 aromatic rings. The van der Waals surface area contributed by atoms with Crippen LogP contribution in [0.4, 0.5) is 10.5 Å². The van der Waals surface area contributed by atoms with Gasteiger partial charge in [0.15, 0.2) is 0 Å². The summed E-state index contributed by atoms with van der Waals surface area (Å²) in [6, 6.07) is 15.5. The van der Waals surface area contributed by atoms with E-state index in [1.807, 2.05) is 6.07 Å². The number of carbonyl (C=O) groups excluding carboxylic acids is 2. The summed E-state index contributed by atoms with van der Waals surface area (Å²) in [6.45, 7) is 3.98. The van der Waals surface area contributed by atoms with E-state index in [1.165, 1.54) is 5.56 Å². The van der Waals surface area contributed by atoms with E-state index in [9.17, 15) is 9.59 Å². The van der Waals surface area contributed by atoms with Gasteiger partial charge in [0.2, 0.25) is 0 Å². The fraction of sp³-hybridized carbons (Fsp3) is 0.364. The average molecular weight is 379 g/mol. The van der Waals surface area contributed by atoms with E-state index in [0.717, 1.165) is 38.0 Å². The van der Waals surface area contributed by atoms with Crippen molar-refractivity contribution in [3.05, 3.63) is 65.2 Å². The standard InChI is InChI=1S/C22H25N3O3/c26-21-20-9-8-19(11-18(20)15-28-21)24-22(27)23-12-17-7-4-10-25(14-17)13-16-5-2-1-3-6-16/h1-3,5-6,8-9,11,17H,4,7,10,12-15H2,(H2,23,24,27)/t17-/m1/s1. The predicted octanol–water partition coefficient (Wildman–Crippen LogP) is 3.39. The maximum absolute atomic E-state index is 12.3. The lowest BCUT2D eigenvalue weighted by Gasteiger charge is -2.32. The molecule has 146 valence electrons. The van der Waals surface area contributed by atoms with Crippen LogP contribution in [0.1, 0.15) is 34.3 Å². The Balaban J connectivity index is 1.25. The van der Waals surface area contributed by atoms with E-state index in [0.29, 0.717) is 23.7 Å². The highest BCUT2D eigenvalue weighted by atomic mass is 16.5. The lowest BCUT2D eigenvalue weighted by atomic mass is 9.97. The zero-order valence-electron chi connectivity index (χ0n) is 15.8. The Morgan fingerprint density at radius 1 is 1.18 bits per heavy atom. The molecule has 0 saturated carbocycles. The molecule has 0 bridgehead atoms. The van der Waals surface area contributed by atoms with E-state index in [-0.39, 0.29) is 18.6 Å². The number of cyclic esters (lactones) is 1. The number of anilines is 1. The molecule has 0 unspecified atom stereocenters. The summed E-state index contributed by atoms with van der Waals surface area (Å²) in [5.41, 5.74) is 3.38. The molecule has 28 heavy (non-hydrogen) atoms. The second kappa shape index (κ2) is 8.44. The van der Waals surface area contributed by atoms with Gasteiger partial charge in [-0.3, -0.25) is 4.90 Å². The molecule has 2 heterocycles. The minimum absolute atomic E-state index is 0.217. The molecule has 2 amide bonds. The quantitative estimate of drug-likeness (QED) is 0.782. The Labute approximate surface area is 164 Å². The van der Waals surface area contributed by atoms with E-state index >= 15 is 0 Å². The number of ether oxygens (including phenoxy) is 1. The van der Waals surface area contributed by atoms with Crippen molar-refractivity contribution in [2.75, 3.05) is 25.0 Å². The number of urea groups is 1. The summed E-state index contributed by atoms with van der Waals surface area (Å²) in [5, 5.41) is 5.83. The molecule has 0 spiro atoms. The van der Waals surface area contributed by atoms with Crippen LogP contribution in [0, 0.1) is 5.92 Å². The molecule has 0 radical (unpaired) electrons. The number of hydrogen-bond donors (Lipinski definition) is 2. The summed E-state index contributed by atoms with van der Waals surface area (Å²) >= 11 is 0. The highest BCUT2D eigenvalue weighted by molar-refractivity contribution is 5.95. The molecule has 0 aliphatic carbocycles. The van der Waals surface area contributed by atoms with Gasteiger partial charge in [-0.1, -0.05) is 30.3 Å². The van der Waals surface area contributed by atoms with Crippen molar-refractivity contribution in [1.82, 2.24) is 10.2 Å². The number of carbonyl (C=O) groups is 2. The molecule has 4 rings (SSSR count). The normalized spacial score (nSPS) is 19.0. The van der Waals surface area contributed by atoms with Gasteiger partial charge in [0.25, 0.3) is 0 Å². The molecule has 2 aromatic carbocycles. The first-order valence-corrected chi connectivity index (χ1v) is 9.78. The van der Waals surface area contributed by atoms with Crippen LogP contribution in [0.5, 0.6) is 0 Å². The van der Waals surface area contributed by atoms with E-state index in [4.69, 9.17) is 4.74 Å². The van der Waals surface area contributed by atoms with E-state index < -0.39 is 0 Å². The summed E-state index contributed by atoms with van der Waals surface area (Å²) in [4.78, 5) is 26.2. The zero-order valence-corrected chi connectivity index (χ0v) is 15.8. The second-order valence-electron chi connectivity index (χ2n) is 7.51. The third-order valence-corrected chi connectivity index (χ3v) is 5.35. The number of nitrogens with one attached hydrogen (secondary N) is 2. The van der Waals surface area contributed by atoms with Gasteiger partial charge >= 0.3 is 12.0 Å². The van der Waals surface area contributed by atoms with Gasteiger partial charge in [0, 0.05) is 30.9 Å². The first kappa shape index (κ1) is 18.5. The van der Waals surface area contributed by atoms with E-state index in [1.54, 1.807) is 18.2 Å². The van der Waals surface area contributed by atoms with Crippen LogP contribution in [-0.2, 0) is 17.9 Å². The first-order chi connectivity index (χ1) is 13.7. The number of amides is 2. The monoisotopic (exact) mass is 379 g/mol. The van der Waals surface area contributed by atoms with Gasteiger partial charge in [0.1, 0.15) is 6.61 Å². The lowest BCUT2D eigenvalue weighted by molar-refractivity contribution is 0.0535. The molecule has 2 aliphatic heterocycles. The van der Waals surface area contributed by atoms with Crippen LogP contribution in [0.25, 0.3) is 0 Å². The Kier molecular flexibility index (Phi) is 5.58. The van der Waals surface area contributed by atoms with Gasteiger partial charge < -0.3 is 15.4 Å². The van der Waals surface area contributed by atoms with Gasteiger partial charge in [-0.15, -0.1) is 0 Å². The minimum Gasteiger partial charge on any atom is -0.457 e. The van der Waals surface area contributed by atoms with Gasteiger partial charge in [0.05, 0.1) is 5.56 Å². The number of fused-ring (bicyclic) bond motifs is 1. The maximum Gasteiger partial charge on any atom is 0.338 e. The van der Waals surface area contributed by atoms with Crippen LogP contribution >= 0.6 is 0 Å². The van der Waals surface area contributed by atoms with Crippen LogP contribution in [0.3, 0.4) is 0 Å². The fourth-order valence-corrected chi connectivity index (χ4v) is 3.93. The molecular weight excluding hydrogens is 354 g/mol. The van der Waals surface area contributed by atoms with Crippen molar-refractivity contribution in [3.8, 4) is 0 Å². The average Bonchev–Trinajstić information content (AvgIpc) is 3.08. The Hall–Kier alpha value is -2.86. The number of benzene rings is 2. The first-order valence-electron chi connectivity index (χ1n) is 9.78. The highest BCUT2D eigenvalue weighted by Gasteiger charge is 2.22. The SMILES string of the molecule is O=C(NC[C@H]1CCCN(Cc2ccccc2)C1)Nc1ccc2c(c1)COC2=O. The van der Waals surface area contributed by atoms with Crippen molar-refractivity contribution in [2.24, 2.45) is 5.92 Å². The third kappa shape index (κ3) is 4.51. The summed E-state index contributed by atoms with van der Waals surface area (Å²) < 4.78 is 4.99. The largest absolute Gasteiger partial charge is 0.457 e. The van der Waals surface area contributed by atoms with Crippen molar-refractivity contribution < 1.29 is 14.3 Å². The number of rotatable bonds is 5. The van der Waals surface area contributed by atoms with Gasteiger partial charge in [-0.25, -0.2) is 9.59 Å². The summed E-state index contributed by atoms with van der Waals surface area (Å²) in [5.74, 6) is 0.151.